The van der Waals surface area contributed by atoms with E-state index in [1.54, 1.807) is 21.1 Å². The molecule has 6 rings (SSSR count). The van der Waals surface area contributed by atoms with Gasteiger partial charge >= 0.3 is 5.69 Å². The van der Waals surface area contributed by atoms with Crippen molar-refractivity contribution in [3.8, 4) is 11.5 Å². The molecule has 0 aliphatic carbocycles. The van der Waals surface area contributed by atoms with Crippen LogP contribution in [-0.4, -0.2) is 52.8 Å². The van der Waals surface area contributed by atoms with E-state index in [-0.39, 0.29) is 6.42 Å². The van der Waals surface area contributed by atoms with Crippen LogP contribution in [0.25, 0.3) is 0 Å². The molecule has 1 aromatic heterocycles. The Kier molecular flexibility index (Phi) is 9.63. The number of benzene rings is 4. The highest BCUT2D eigenvalue weighted by Crippen LogP contribution is 2.50. The van der Waals surface area contributed by atoms with E-state index in [2.05, 4.69) is 11.1 Å². The van der Waals surface area contributed by atoms with Gasteiger partial charge < -0.3 is 24.4 Å². The van der Waals surface area contributed by atoms with Crippen molar-refractivity contribution in [3.63, 3.8) is 0 Å². The maximum atomic E-state index is 13.7. The van der Waals surface area contributed by atoms with Crippen molar-refractivity contribution in [1.29, 1.82) is 0 Å². The molecule has 1 saturated heterocycles. The lowest BCUT2D eigenvalue weighted by Crippen LogP contribution is -2.49. The molecule has 9 nitrogen and oxygen atoms in total. The van der Waals surface area contributed by atoms with Gasteiger partial charge in [-0.2, -0.15) is 0 Å². The van der Waals surface area contributed by atoms with Crippen molar-refractivity contribution in [3.05, 3.63) is 163 Å². The largest absolute Gasteiger partial charge is 0.497 e. The van der Waals surface area contributed by atoms with Crippen LogP contribution in [0.15, 0.2) is 113 Å². The van der Waals surface area contributed by atoms with Gasteiger partial charge in [-0.15, -0.1) is 0 Å². The highest BCUT2D eigenvalue weighted by atomic mass is 16.6. The van der Waals surface area contributed by atoms with E-state index in [0.29, 0.717) is 18.4 Å². The molecule has 48 heavy (non-hydrogen) atoms. The van der Waals surface area contributed by atoms with Crippen LogP contribution < -0.4 is 20.7 Å². The van der Waals surface area contributed by atoms with Crippen molar-refractivity contribution in [2.75, 3.05) is 20.8 Å². The van der Waals surface area contributed by atoms with Gasteiger partial charge in [0.05, 0.1) is 32.8 Å². The average Bonchev–Trinajstić information content (AvgIpc) is 3.45. The second-order valence-electron chi connectivity index (χ2n) is 12.3. The first-order valence-corrected chi connectivity index (χ1v) is 16.0. The molecule has 0 radical (unpaired) electrons. The number of aromatic amines is 1. The Morgan fingerprint density at radius 3 is 2.08 bits per heavy atom. The zero-order valence-electron chi connectivity index (χ0n) is 27.3. The third-order valence-corrected chi connectivity index (χ3v) is 9.29. The summed E-state index contributed by atoms with van der Waals surface area (Å²) in [6.45, 7) is 1.18. The number of rotatable bonds is 11. The Morgan fingerprint density at radius 1 is 0.875 bits per heavy atom. The summed E-state index contributed by atoms with van der Waals surface area (Å²) in [5.41, 5.74) is 3.64. The molecule has 4 aromatic carbocycles. The third kappa shape index (κ3) is 6.44. The molecule has 9 heteroatoms. The van der Waals surface area contributed by atoms with E-state index in [4.69, 9.17) is 14.2 Å². The SMILES string of the molecule is COc1ccc(Cc2cccc(C(c3ccccc3)[C@]3(n4cc(C)c(=O)[nH]c4=O)C[C@H](O)[C@@H](CO)O3)c2Cc2ccc(OC)cc2)cc1. The number of H-pyrrole nitrogens is 1. The first kappa shape index (κ1) is 33.0. The standard InChI is InChI=1S/C39H40N2O7/c1-25-23-41(38(45)40-37(25)44)39(22-34(43)35(24-42)48-39)36(28-8-5-4-6-9-28)32-11-7-10-29(20-26-12-16-30(46-2)17-13-26)33(32)21-27-14-18-31(47-3)19-15-27/h4-19,23,34-36,42-43H,20-22,24H2,1-3H3,(H,40,44,45)/t34-,35+,36?,39-/m0/s1. The maximum absolute atomic E-state index is 13.7. The first-order chi connectivity index (χ1) is 23.3. The zero-order valence-corrected chi connectivity index (χ0v) is 27.3. The Labute approximate surface area is 279 Å². The minimum atomic E-state index is -1.51. The van der Waals surface area contributed by atoms with Crippen molar-refractivity contribution in [2.24, 2.45) is 0 Å². The molecule has 0 spiro atoms. The molecule has 0 amide bonds. The predicted octanol–water partition coefficient (Wildman–Crippen LogP) is 4.67. The van der Waals surface area contributed by atoms with E-state index < -0.39 is 41.7 Å². The quantitative estimate of drug-likeness (QED) is 0.190. The van der Waals surface area contributed by atoms with E-state index >= 15 is 0 Å². The zero-order chi connectivity index (χ0) is 33.8. The highest BCUT2D eigenvalue weighted by Gasteiger charge is 2.54. The Hall–Kier alpha value is -4.96. The fourth-order valence-electron chi connectivity index (χ4n) is 6.85. The number of hydrogen-bond donors (Lipinski definition) is 3. The third-order valence-electron chi connectivity index (χ3n) is 9.29. The van der Waals surface area contributed by atoms with Gasteiger partial charge in [-0.05, 0) is 77.4 Å². The number of aromatic nitrogens is 2. The maximum Gasteiger partial charge on any atom is 0.330 e. The second kappa shape index (κ2) is 14.0. The lowest BCUT2D eigenvalue weighted by atomic mass is 9.76. The number of aliphatic hydroxyl groups is 2. The van der Waals surface area contributed by atoms with E-state index in [9.17, 15) is 19.8 Å². The number of methoxy groups -OCH3 is 2. The summed E-state index contributed by atoms with van der Waals surface area (Å²) in [7, 11) is 3.28. The average molecular weight is 649 g/mol. The van der Waals surface area contributed by atoms with Gasteiger partial charge in [0.15, 0.2) is 5.72 Å². The Bertz CT molecular complexity index is 1970. The van der Waals surface area contributed by atoms with Crippen LogP contribution in [0, 0.1) is 6.92 Å². The predicted molar refractivity (Wildman–Crippen MR) is 183 cm³/mol. The van der Waals surface area contributed by atoms with Gasteiger partial charge in [-0.25, -0.2) is 4.79 Å². The van der Waals surface area contributed by atoms with Crippen molar-refractivity contribution < 1.29 is 24.4 Å². The minimum Gasteiger partial charge on any atom is -0.497 e. The van der Waals surface area contributed by atoms with E-state index in [1.165, 1.54) is 10.8 Å². The van der Waals surface area contributed by atoms with Gasteiger partial charge in [0.2, 0.25) is 0 Å². The number of aliphatic hydroxyl groups excluding tert-OH is 2. The molecule has 0 bridgehead atoms. The number of aryl methyl sites for hydroxylation is 1. The highest BCUT2D eigenvalue weighted by molar-refractivity contribution is 5.49. The lowest BCUT2D eigenvalue weighted by molar-refractivity contribution is -0.128. The van der Waals surface area contributed by atoms with Gasteiger partial charge in [-0.3, -0.25) is 14.3 Å². The molecular formula is C39H40N2O7. The number of nitrogens with one attached hydrogen (secondary N) is 1. The minimum absolute atomic E-state index is 0.00609. The molecule has 2 heterocycles. The summed E-state index contributed by atoms with van der Waals surface area (Å²) in [6, 6.07) is 31.8. The van der Waals surface area contributed by atoms with Gasteiger partial charge in [0.1, 0.15) is 17.6 Å². The van der Waals surface area contributed by atoms with E-state index in [0.717, 1.165) is 44.9 Å². The smallest absolute Gasteiger partial charge is 0.330 e. The van der Waals surface area contributed by atoms with Crippen LogP contribution in [0.1, 0.15) is 51.3 Å². The molecule has 1 fully saturated rings. The lowest BCUT2D eigenvalue weighted by Gasteiger charge is -2.40. The summed E-state index contributed by atoms with van der Waals surface area (Å²) in [5, 5.41) is 21.6. The fraction of sp³-hybridized carbons (Fsp3) is 0.282. The molecular weight excluding hydrogens is 608 g/mol. The van der Waals surface area contributed by atoms with Crippen molar-refractivity contribution >= 4 is 0 Å². The Morgan fingerprint density at radius 2 is 1.50 bits per heavy atom. The molecule has 0 saturated carbocycles. The molecule has 1 unspecified atom stereocenters. The van der Waals surface area contributed by atoms with Gasteiger partial charge in [-0.1, -0.05) is 72.8 Å². The molecule has 1 aliphatic rings. The van der Waals surface area contributed by atoms with Crippen LogP contribution in [0.3, 0.4) is 0 Å². The van der Waals surface area contributed by atoms with Crippen LogP contribution in [-0.2, 0) is 23.3 Å². The number of hydrogen-bond acceptors (Lipinski definition) is 7. The Balaban J connectivity index is 1.62. The fourth-order valence-corrected chi connectivity index (χ4v) is 6.85. The summed E-state index contributed by atoms with van der Waals surface area (Å²) in [4.78, 5) is 28.7. The molecule has 5 aromatic rings. The van der Waals surface area contributed by atoms with Crippen LogP contribution in [0.2, 0.25) is 0 Å². The summed E-state index contributed by atoms with van der Waals surface area (Å²) >= 11 is 0. The van der Waals surface area contributed by atoms with E-state index in [1.807, 2.05) is 91.0 Å². The van der Waals surface area contributed by atoms with Crippen molar-refractivity contribution in [2.45, 2.75) is 50.0 Å². The monoisotopic (exact) mass is 648 g/mol. The number of ether oxygens (including phenoxy) is 3. The van der Waals surface area contributed by atoms with Crippen LogP contribution in [0.5, 0.6) is 11.5 Å². The van der Waals surface area contributed by atoms with Gasteiger partial charge in [0, 0.05) is 18.2 Å². The summed E-state index contributed by atoms with van der Waals surface area (Å²) in [5.74, 6) is 0.883. The van der Waals surface area contributed by atoms with Gasteiger partial charge in [0.25, 0.3) is 5.56 Å². The van der Waals surface area contributed by atoms with Crippen LogP contribution >= 0.6 is 0 Å². The normalized spacial score (nSPS) is 19.6. The summed E-state index contributed by atoms with van der Waals surface area (Å²) in [6.07, 6.45) is 0.632. The topological polar surface area (TPSA) is 123 Å². The molecule has 3 N–H and O–H groups in total. The second-order valence-corrected chi connectivity index (χ2v) is 12.3. The van der Waals surface area contributed by atoms with Crippen molar-refractivity contribution in [1.82, 2.24) is 9.55 Å². The first-order valence-electron chi connectivity index (χ1n) is 16.0. The molecule has 4 atom stereocenters. The van der Waals surface area contributed by atoms with Crippen LogP contribution in [0.4, 0.5) is 0 Å². The molecule has 248 valence electrons. The molecule has 1 aliphatic heterocycles. The number of nitrogens with zero attached hydrogens (tertiary/aromatic N) is 1. The summed E-state index contributed by atoms with van der Waals surface area (Å²) < 4.78 is 18.9.